The average molecular weight is 413 g/mol. The highest BCUT2D eigenvalue weighted by atomic mass is 16.5. The highest BCUT2D eigenvalue weighted by Crippen LogP contribution is 2.33. The first-order valence-electron chi connectivity index (χ1n) is 10.4. The molecule has 7 nitrogen and oxygen atoms in total. The molecule has 2 N–H and O–H groups in total. The molecule has 2 heterocycles. The van der Waals surface area contributed by atoms with E-state index in [-0.39, 0.29) is 11.9 Å². The zero-order chi connectivity index (χ0) is 20.9. The standard InChI is InChI=1S/C23H28N2O5/c1-27-17-7-9-20(28-2)18(14-17)24-23(26)15-25-10-3-5-19(25)16-6-8-21-22(13-16)30-12-4-11-29-21/h6-9,13-14,19H,3-5,10-12,15H2,1-2H3,(H,24,26)/p+1/t19-/m0/s1. The molecule has 0 saturated carbocycles. The topological polar surface area (TPSA) is 70.5 Å². The second kappa shape index (κ2) is 9.26. The minimum Gasteiger partial charge on any atom is -0.497 e. The van der Waals surface area contributed by atoms with Crippen LogP contribution in [-0.4, -0.2) is 46.4 Å². The second-order valence-corrected chi connectivity index (χ2v) is 7.65. The highest BCUT2D eigenvalue weighted by molar-refractivity contribution is 5.93. The van der Waals surface area contributed by atoms with E-state index in [1.807, 2.05) is 6.07 Å². The third kappa shape index (κ3) is 4.46. The van der Waals surface area contributed by atoms with Gasteiger partial charge in [-0.15, -0.1) is 0 Å². The zero-order valence-corrected chi connectivity index (χ0v) is 17.5. The Morgan fingerprint density at radius 1 is 1.07 bits per heavy atom. The molecular formula is C23H29N2O5+. The highest BCUT2D eigenvalue weighted by Gasteiger charge is 2.32. The lowest BCUT2D eigenvalue weighted by Gasteiger charge is -2.22. The van der Waals surface area contributed by atoms with Crippen molar-refractivity contribution in [1.82, 2.24) is 0 Å². The van der Waals surface area contributed by atoms with E-state index in [4.69, 9.17) is 18.9 Å². The maximum atomic E-state index is 12.8. The van der Waals surface area contributed by atoms with Crippen LogP contribution in [0.3, 0.4) is 0 Å². The van der Waals surface area contributed by atoms with Crippen LogP contribution in [0.4, 0.5) is 5.69 Å². The molecule has 7 heteroatoms. The van der Waals surface area contributed by atoms with Crippen molar-refractivity contribution in [2.45, 2.75) is 25.3 Å². The van der Waals surface area contributed by atoms with Gasteiger partial charge in [-0.1, -0.05) is 0 Å². The summed E-state index contributed by atoms with van der Waals surface area (Å²) in [7, 11) is 3.19. The summed E-state index contributed by atoms with van der Waals surface area (Å²) >= 11 is 0. The Balaban J connectivity index is 1.46. The van der Waals surface area contributed by atoms with Crippen LogP contribution in [0.2, 0.25) is 0 Å². The normalized spacial score (nSPS) is 20.3. The number of hydrogen-bond donors (Lipinski definition) is 2. The van der Waals surface area contributed by atoms with E-state index in [2.05, 4.69) is 17.4 Å². The molecule has 2 aliphatic rings. The van der Waals surface area contributed by atoms with Gasteiger partial charge in [-0.2, -0.15) is 0 Å². The first kappa shape index (κ1) is 20.3. The first-order chi connectivity index (χ1) is 14.7. The predicted molar refractivity (Wildman–Crippen MR) is 113 cm³/mol. The Morgan fingerprint density at radius 2 is 1.90 bits per heavy atom. The molecule has 2 aromatic rings. The Kier molecular flexibility index (Phi) is 6.28. The number of carbonyl (C=O) groups excluding carboxylic acids is 1. The lowest BCUT2D eigenvalue weighted by molar-refractivity contribution is -0.910. The number of hydrogen-bond acceptors (Lipinski definition) is 5. The van der Waals surface area contributed by atoms with E-state index >= 15 is 0 Å². The number of fused-ring (bicyclic) bond motifs is 1. The third-order valence-electron chi connectivity index (χ3n) is 5.73. The Bertz CT molecular complexity index is 901. The first-order valence-corrected chi connectivity index (χ1v) is 10.4. The number of likely N-dealkylation sites (tertiary alicyclic amines) is 1. The monoisotopic (exact) mass is 413 g/mol. The molecule has 1 unspecified atom stereocenters. The third-order valence-corrected chi connectivity index (χ3v) is 5.73. The molecule has 0 aromatic heterocycles. The van der Waals surface area contributed by atoms with Crippen molar-refractivity contribution in [1.29, 1.82) is 0 Å². The van der Waals surface area contributed by atoms with Gasteiger partial charge in [-0.25, -0.2) is 0 Å². The summed E-state index contributed by atoms with van der Waals surface area (Å²) in [4.78, 5) is 14.1. The van der Waals surface area contributed by atoms with E-state index in [0.717, 1.165) is 37.3 Å². The van der Waals surface area contributed by atoms with E-state index in [0.29, 0.717) is 36.9 Å². The molecule has 2 aromatic carbocycles. The fourth-order valence-electron chi connectivity index (χ4n) is 4.23. The second-order valence-electron chi connectivity index (χ2n) is 7.65. The van der Waals surface area contributed by atoms with Gasteiger partial charge in [0, 0.05) is 30.9 Å². The molecule has 0 bridgehead atoms. The summed E-state index contributed by atoms with van der Waals surface area (Å²) in [6, 6.07) is 11.8. The molecule has 2 aliphatic heterocycles. The van der Waals surface area contributed by atoms with Gasteiger partial charge in [0.05, 0.1) is 39.7 Å². The number of carbonyl (C=O) groups is 1. The minimum atomic E-state index is -0.0437. The average Bonchev–Trinajstić information content (AvgIpc) is 3.08. The van der Waals surface area contributed by atoms with Crippen molar-refractivity contribution in [3.63, 3.8) is 0 Å². The van der Waals surface area contributed by atoms with Gasteiger partial charge >= 0.3 is 0 Å². The summed E-state index contributed by atoms with van der Waals surface area (Å²) < 4.78 is 22.2. The summed E-state index contributed by atoms with van der Waals surface area (Å²) in [6.45, 7) is 2.70. The molecule has 160 valence electrons. The molecule has 2 atom stereocenters. The number of methoxy groups -OCH3 is 2. The van der Waals surface area contributed by atoms with Crippen LogP contribution in [0, 0.1) is 0 Å². The summed E-state index contributed by atoms with van der Waals surface area (Å²) in [6.07, 6.45) is 3.02. The van der Waals surface area contributed by atoms with Crippen molar-refractivity contribution >= 4 is 11.6 Å². The molecule has 30 heavy (non-hydrogen) atoms. The van der Waals surface area contributed by atoms with E-state index in [9.17, 15) is 4.79 Å². The van der Waals surface area contributed by atoms with Crippen molar-refractivity contribution in [2.24, 2.45) is 0 Å². The lowest BCUT2D eigenvalue weighted by atomic mass is 10.0. The molecule has 1 amide bonds. The number of nitrogens with one attached hydrogen (secondary N) is 2. The van der Waals surface area contributed by atoms with E-state index in [1.54, 1.807) is 32.4 Å². The predicted octanol–water partition coefficient (Wildman–Crippen LogP) is 2.22. The van der Waals surface area contributed by atoms with Crippen molar-refractivity contribution < 1.29 is 28.6 Å². The number of quaternary nitrogens is 1. The van der Waals surface area contributed by atoms with Gasteiger partial charge < -0.3 is 29.2 Å². The molecule has 1 saturated heterocycles. The Hall–Kier alpha value is -2.93. The van der Waals surface area contributed by atoms with Crippen LogP contribution in [0.25, 0.3) is 0 Å². The quantitative estimate of drug-likeness (QED) is 0.760. The Morgan fingerprint density at radius 3 is 2.70 bits per heavy atom. The van der Waals surface area contributed by atoms with Crippen molar-refractivity contribution in [3.05, 3.63) is 42.0 Å². The van der Waals surface area contributed by atoms with Crippen molar-refractivity contribution in [2.75, 3.05) is 45.8 Å². The molecule has 1 fully saturated rings. The molecule has 0 aliphatic carbocycles. The van der Waals surface area contributed by atoms with Crippen molar-refractivity contribution in [3.8, 4) is 23.0 Å². The van der Waals surface area contributed by atoms with Gasteiger partial charge in [0.15, 0.2) is 18.0 Å². The van der Waals surface area contributed by atoms with Gasteiger partial charge in [-0.3, -0.25) is 4.79 Å². The summed E-state index contributed by atoms with van der Waals surface area (Å²) in [5.74, 6) is 2.85. The van der Waals surface area contributed by atoms with Crippen LogP contribution in [0.15, 0.2) is 36.4 Å². The van der Waals surface area contributed by atoms with Crippen LogP contribution in [-0.2, 0) is 4.79 Å². The minimum absolute atomic E-state index is 0.0437. The van der Waals surface area contributed by atoms with Gasteiger partial charge in [0.1, 0.15) is 17.5 Å². The van der Waals surface area contributed by atoms with Crippen LogP contribution >= 0.6 is 0 Å². The molecule has 4 rings (SSSR count). The van der Waals surface area contributed by atoms with Crippen LogP contribution in [0.5, 0.6) is 23.0 Å². The van der Waals surface area contributed by atoms with Crippen LogP contribution < -0.4 is 29.2 Å². The SMILES string of the molecule is COc1ccc(OC)c(NC(=O)C[NH+]2CCC[C@H]2c2ccc3c(c2)OCCCO3)c1. The molecule has 0 radical (unpaired) electrons. The number of anilines is 1. The van der Waals surface area contributed by atoms with E-state index in [1.165, 1.54) is 10.5 Å². The largest absolute Gasteiger partial charge is 0.497 e. The van der Waals surface area contributed by atoms with Gasteiger partial charge in [0.2, 0.25) is 0 Å². The number of ether oxygens (including phenoxy) is 4. The van der Waals surface area contributed by atoms with Crippen LogP contribution in [0.1, 0.15) is 30.9 Å². The number of benzene rings is 2. The molecule has 0 spiro atoms. The van der Waals surface area contributed by atoms with Gasteiger partial charge in [-0.05, 0) is 30.3 Å². The zero-order valence-electron chi connectivity index (χ0n) is 17.5. The molecular weight excluding hydrogens is 384 g/mol. The lowest BCUT2D eigenvalue weighted by Crippen LogP contribution is -3.11. The fraction of sp³-hybridized carbons (Fsp3) is 0.435. The Labute approximate surface area is 176 Å². The van der Waals surface area contributed by atoms with E-state index < -0.39 is 0 Å². The van der Waals surface area contributed by atoms with Gasteiger partial charge in [0.25, 0.3) is 5.91 Å². The number of rotatable bonds is 6. The smallest absolute Gasteiger partial charge is 0.279 e. The number of amides is 1. The fourth-order valence-corrected chi connectivity index (χ4v) is 4.23. The summed E-state index contributed by atoms with van der Waals surface area (Å²) in [5.41, 5.74) is 1.81. The maximum absolute atomic E-state index is 12.8. The summed E-state index contributed by atoms with van der Waals surface area (Å²) in [5, 5.41) is 2.98. The maximum Gasteiger partial charge on any atom is 0.279 e.